The Bertz CT molecular complexity index is 633. The van der Waals surface area contributed by atoms with E-state index in [2.05, 4.69) is 11.8 Å². The number of anilines is 1. The summed E-state index contributed by atoms with van der Waals surface area (Å²) in [7, 11) is 0. The molecule has 2 N–H and O–H groups in total. The summed E-state index contributed by atoms with van der Waals surface area (Å²) >= 11 is 5.79. The zero-order valence-corrected chi connectivity index (χ0v) is 9.93. The van der Waals surface area contributed by atoms with E-state index in [4.69, 9.17) is 17.3 Å². The highest BCUT2D eigenvalue weighted by Crippen LogP contribution is 2.16. The molecule has 2 rings (SSSR count). The van der Waals surface area contributed by atoms with Crippen LogP contribution in [0.1, 0.15) is 11.1 Å². The lowest BCUT2D eigenvalue weighted by molar-refractivity contribution is 0.591. The van der Waals surface area contributed by atoms with E-state index in [1.807, 2.05) is 0 Å². The summed E-state index contributed by atoms with van der Waals surface area (Å²) in [6.07, 6.45) is 0. The van der Waals surface area contributed by atoms with Gasteiger partial charge in [-0.2, -0.15) is 0 Å². The number of hydrogen-bond acceptors (Lipinski definition) is 1. The third-order valence-corrected chi connectivity index (χ3v) is 2.49. The number of hydrogen-bond donors (Lipinski definition) is 1. The van der Waals surface area contributed by atoms with E-state index in [9.17, 15) is 8.78 Å². The van der Waals surface area contributed by atoms with Gasteiger partial charge in [0, 0.05) is 16.1 Å². The standard InChI is InChI=1S/C14H8ClF2N/c15-11-3-1-2-9(6-11)4-5-10-7-12(16)14(18)13(17)8-10/h1-3,6-8H,18H2. The van der Waals surface area contributed by atoms with E-state index < -0.39 is 17.3 Å². The van der Waals surface area contributed by atoms with Gasteiger partial charge in [0.1, 0.15) is 17.3 Å². The van der Waals surface area contributed by atoms with Gasteiger partial charge in [-0.05, 0) is 30.3 Å². The average molecular weight is 264 g/mol. The largest absolute Gasteiger partial charge is 0.394 e. The van der Waals surface area contributed by atoms with Gasteiger partial charge in [-0.3, -0.25) is 0 Å². The SMILES string of the molecule is Nc1c(F)cc(C#Cc2cccc(Cl)c2)cc1F. The van der Waals surface area contributed by atoms with Crippen LogP contribution in [-0.4, -0.2) is 0 Å². The molecule has 18 heavy (non-hydrogen) atoms. The van der Waals surface area contributed by atoms with Crippen molar-refractivity contribution in [1.82, 2.24) is 0 Å². The average Bonchev–Trinajstić information content (AvgIpc) is 2.33. The molecule has 0 aliphatic rings. The molecule has 1 nitrogen and oxygen atoms in total. The highest BCUT2D eigenvalue weighted by molar-refractivity contribution is 6.30. The van der Waals surface area contributed by atoms with Crippen LogP contribution in [-0.2, 0) is 0 Å². The Kier molecular flexibility index (Phi) is 3.50. The minimum atomic E-state index is -0.814. The lowest BCUT2D eigenvalue weighted by Gasteiger charge is -1.98. The van der Waals surface area contributed by atoms with Crippen LogP contribution in [0.2, 0.25) is 5.02 Å². The maximum Gasteiger partial charge on any atom is 0.150 e. The molecule has 0 amide bonds. The van der Waals surface area contributed by atoms with E-state index in [0.29, 0.717) is 10.6 Å². The third-order valence-electron chi connectivity index (χ3n) is 2.25. The molecule has 0 bridgehead atoms. The van der Waals surface area contributed by atoms with Gasteiger partial charge in [-0.15, -0.1) is 0 Å². The molecule has 0 saturated heterocycles. The number of rotatable bonds is 0. The van der Waals surface area contributed by atoms with Crippen molar-refractivity contribution in [1.29, 1.82) is 0 Å². The zero-order valence-electron chi connectivity index (χ0n) is 9.18. The van der Waals surface area contributed by atoms with Crippen LogP contribution in [0.3, 0.4) is 0 Å². The highest BCUT2D eigenvalue weighted by atomic mass is 35.5. The summed E-state index contributed by atoms with van der Waals surface area (Å²) in [5.74, 6) is 3.79. The van der Waals surface area contributed by atoms with Gasteiger partial charge in [-0.25, -0.2) is 8.78 Å². The fourth-order valence-electron chi connectivity index (χ4n) is 1.37. The second-order valence-electron chi connectivity index (χ2n) is 3.61. The Labute approximate surface area is 108 Å². The molecule has 90 valence electrons. The Morgan fingerprint density at radius 1 is 0.944 bits per heavy atom. The molecule has 0 spiro atoms. The summed E-state index contributed by atoms with van der Waals surface area (Å²) in [5.41, 5.74) is 5.55. The smallest absolute Gasteiger partial charge is 0.150 e. The van der Waals surface area contributed by atoms with Gasteiger partial charge in [0.05, 0.1) is 0 Å². The lowest BCUT2D eigenvalue weighted by atomic mass is 10.1. The first-order valence-corrected chi connectivity index (χ1v) is 5.46. The Hall–Kier alpha value is -2.05. The molecule has 4 heteroatoms. The molecular weight excluding hydrogens is 256 g/mol. The zero-order chi connectivity index (χ0) is 13.1. The van der Waals surface area contributed by atoms with Crippen molar-refractivity contribution < 1.29 is 8.78 Å². The third kappa shape index (κ3) is 2.79. The van der Waals surface area contributed by atoms with Gasteiger partial charge in [0.2, 0.25) is 0 Å². The molecule has 2 aromatic carbocycles. The van der Waals surface area contributed by atoms with Crippen molar-refractivity contribution in [3.63, 3.8) is 0 Å². The minimum Gasteiger partial charge on any atom is -0.394 e. The first-order chi connectivity index (χ1) is 8.56. The fourth-order valence-corrected chi connectivity index (χ4v) is 1.56. The monoisotopic (exact) mass is 263 g/mol. The van der Waals surface area contributed by atoms with E-state index in [1.165, 1.54) is 0 Å². The maximum atomic E-state index is 13.2. The molecule has 0 aliphatic carbocycles. The van der Waals surface area contributed by atoms with E-state index in [-0.39, 0.29) is 5.56 Å². The summed E-state index contributed by atoms with van der Waals surface area (Å²) < 4.78 is 26.4. The van der Waals surface area contributed by atoms with E-state index >= 15 is 0 Å². The molecule has 0 fully saturated rings. The molecule has 0 saturated carbocycles. The molecule has 0 radical (unpaired) electrons. The van der Waals surface area contributed by atoms with Crippen LogP contribution in [0.25, 0.3) is 0 Å². The Balaban J connectivity index is 2.36. The second-order valence-corrected chi connectivity index (χ2v) is 4.05. The van der Waals surface area contributed by atoms with Crippen LogP contribution in [0, 0.1) is 23.5 Å². The van der Waals surface area contributed by atoms with Crippen molar-refractivity contribution in [2.24, 2.45) is 0 Å². The van der Waals surface area contributed by atoms with Crippen molar-refractivity contribution >= 4 is 17.3 Å². The first kappa shape index (κ1) is 12.4. The van der Waals surface area contributed by atoms with Gasteiger partial charge in [-0.1, -0.05) is 29.5 Å². The predicted octanol–water partition coefficient (Wildman–Crippen LogP) is 3.60. The van der Waals surface area contributed by atoms with Gasteiger partial charge < -0.3 is 5.73 Å². The molecule has 0 unspecified atom stereocenters. The van der Waals surface area contributed by atoms with Crippen LogP contribution >= 0.6 is 11.6 Å². The summed E-state index contributed by atoms with van der Waals surface area (Å²) in [5, 5.41) is 0.552. The van der Waals surface area contributed by atoms with Gasteiger partial charge >= 0.3 is 0 Å². The predicted molar refractivity (Wildman–Crippen MR) is 68.2 cm³/mol. The van der Waals surface area contributed by atoms with Gasteiger partial charge in [0.25, 0.3) is 0 Å². The number of nitrogen functional groups attached to an aromatic ring is 1. The molecule has 0 heterocycles. The van der Waals surface area contributed by atoms with Crippen LogP contribution in [0.15, 0.2) is 36.4 Å². The van der Waals surface area contributed by atoms with Crippen LogP contribution in [0.5, 0.6) is 0 Å². The van der Waals surface area contributed by atoms with Crippen molar-refractivity contribution in [3.8, 4) is 11.8 Å². The topological polar surface area (TPSA) is 26.0 Å². The Morgan fingerprint density at radius 2 is 1.56 bits per heavy atom. The quantitative estimate of drug-likeness (QED) is 0.570. The normalized spacial score (nSPS) is 9.72. The minimum absolute atomic E-state index is 0.221. The Morgan fingerprint density at radius 3 is 2.17 bits per heavy atom. The first-order valence-electron chi connectivity index (χ1n) is 5.08. The summed E-state index contributed by atoms with van der Waals surface area (Å²) in [6.45, 7) is 0. The molecular formula is C14H8ClF2N. The van der Waals surface area contributed by atoms with Crippen molar-refractivity contribution in [2.75, 3.05) is 5.73 Å². The van der Waals surface area contributed by atoms with Gasteiger partial charge in [0.15, 0.2) is 0 Å². The summed E-state index contributed by atoms with van der Waals surface area (Å²) in [6, 6.07) is 9.07. The number of nitrogens with two attached hydrogens (primary N) is 1. The molecule has 0 atom stereocenters. The number of halogens is 3. The number of benzene rings is 2. The molecule has 0 aliphatic heterocycles. The van der Waals surface area contributed by atoms with E-state index in [0.717, 1.165) is 12.1 Å². The van der Waals surface area contributed by atoms with Crippen molar-refractivity contribution in [3.05, 3.63) is 64.2 Å². The van der Waals surface area contributed by atoms with E-state index in [1.54, 1.807) is 24.3 Å². The fraction of sp³-hybridized carbons (Fsp3) is 0. The van der Waals surface area contributed by atoms with Crippen molar-refractivity contribution in [2.45, 2.75) is 0 Å². The summed E-state index contributed by atoms with van der Waals surface area (Å²) in [4.78, 5) is 0. The van der Waals surface area contributed by atoms with Crippen LogP contribution < -0.4 is 5.73 Å². The van der Waals surface area contributed by atoms with Crippen LogP contribution in [0.4, 0.5) is 14.5 Å². The molecule has 2 aromatic rings. The highest BCUT2D eigenvalue weighted by Gasteiger charge is 2.05. The lowest BCUT2D eigenvalue weighted by Crippen LogP contribution is -1.96. The molecule has 0 aromatic heterocycles. The second kappa shape index (κ2) is 5.07. The maximum absolute atomic E-state index is 13.2.